The molecule has 1 N–H and O–H groups in total. The number of aliphatic hydroxyl groups is 1. The van der Waals surface area contributed by atoms with Crippen LogP contribution in [0.2, 0.25) is 5.02 Å². The smallest absolute Gasteiger partial charge is 0.113 e. The Balaban J connectivity index is 2.94. The highest BCUT2D eigenvalue weighted by molar-refractivity contribution is 6.30. The Hall–Kier alpha value is -0.570. The summed E-state index contributed by atoms with van der Waals surface area (Å²) in [5.41, 5.74) is -0.0643. The molecule has 0 saturated carbocycles. The standard InChI is InChI=1S/C11H15ClO2/c1-3-11(13,8-14-2)9-4-6-10(12)7-5-9/h4-7,13H,3,8H2,1-2H3. The van der Waals surface area contributed by atoms with Gasteiger partial charge in [-0.05, 0) is 24.1 Å². The van der Waals surface area contributed by atoms with Gasteiger partial charge in [-0.15, -0.1) is 0 Å². The van der Waals surface area contributed by atoms with Gasteiger partial charge in [-0.1, -0.05) is 30.7 Å². The molecule has 0 amide bonds. The van der Waals surface area contributed by atoms with Crippen LogP contribution in [-0.2, 0) is 10.3 Å². The minimum absolute atomic E-state index is 0.297. The molecule has 1 atom stereocenters. The second-order valence-corrected chi connectivity index (χ2v) is 3.76. The second-order valence-electron chi connectivity index (χ2n) is 3.33. The number of benzene rings is 1. The van der Waals surface area contributed by atoms with Crippen molar-refractivity contribution in [2.75, 3.05) is 13.7 Å². The Morgan fingerprint density at radius 2 is 1.93 bits per heavy atom. The average Bonchev–Trinajstić information content (AvgIpc) is 2.19. The van der Waals surface area contributed by atoms with Crippen LogP contribution in [-0.4, -0.2) is 18.8 Å². The Labute approximate surface area is 89.5 Å². The first-order valence-corrected chi connectivity index (χ1v) is 4.97. The first kappa shape index (κ1) is 11.5. The SMILES string of the molecule is CCC(O)(COC)c1ccc(Cl)cc1. The lowest BCUT2D eigenvalue weighted by Gasteiger charge is -2.26. The largest absolute Gasteiger partial charge is 0.383 e. The topological polar surface area (TPSA) is 29.5 Å². The molecule has 0 heterocycles. The fourth-order valence-electron chi connectivity index (χ4n) is 1.39. The number of hydrogen-bond acceptors (Lipinski definition) is 2. The second kappa shape index (κ2) is 4.78. The van der Waals surface area contributed by atoms with Crippen LogP contribution in [0, 0.1) is 0 Å². The van der Waals surface area contributed by atoms with Crippen LogP contribution in [0.3, 0.4) is 0 Å². The van der Waals surface area contributed by atoms with Crippen LogP contribution in [0.1, 0.15) is 18.9 Å². The molecular weight excluding hydrogens is 200 g/mol. The fourth-order valence-corrected chi connectivity index (χ4v) is 1.51. The van der Waals surface area contributed by atoms with Crippen molar-refractivity contribution in [2.45, 2.75) is 18.9 Å². The first-order chi connectivity index (χ1) is 6.62. The fraction of sp³-hybridized carbons (Fsp3) is 0.455. The summed E-state index contributed by atoms with van der Waals surface area (Å²) in [4.78, 5) is 0. The number of halogens is 1. The maximum absolute atomic E-state index is 10.2. The quantitative estimate of drug-likeness (QED) is 0.835. The van der Waals surface area contributed by atoms with Crippen LogP contribution in [0.25, 0.3) is 0 Å². The lowest BCUT2D eigenvalue weighted by molar-refractivity contribution is -0.0386. The predicted molar refractivity (Wildman–Crippen MR) is 57.5 cm³/mol. The molecule has 0 bridgehead atoms. The molecule has 0 aromatic heterocycles. The minimum Gasteiger partial charge on any atom is -0.383 e. The van der Waals surface area contributed by atoms with Gasteiger partial charge in [0.05, 0.1) is 6.61 Å². The monoisotopic (exact) mass is 214 g/mol. The van der Waals surface area contributed by atoms with E-state index >= 15 is 0 Å². The van der Waals surface area contributed by atoms with Gasteiger partial charge in [0.25, 0.3) is 0 Å². The van der Waals surface area contributed by atoms with Crippen molar-refractivity contribution in [3.63, 3.8) is 0 Å². The summed E-state index contributed by atoms with van der Waals surface area (Å²) in [6.45, 7) is 2.22. The zero-order chi connectivity index (χ0) is 10.6. The van der Waals surface area contributed by atoms with Gasteiger partial charge in [-0.2, -0.15) is 0 Å². The van der Waals surface area contributed by atoms with Gasteiger partial charge >= 0.3 is 0 Å². The van der Waals surface area contributed by atoms with Gasteiger partial charge in [0, 0.05) is 12.1 Å². The van der Waals surface area contributed by atoms with E-state index < -0.39 is 5.60 Å². The Bertz CT molecular complexity index is 284. The van der Waals surface area contributed by atoms with E-state index in [9.17, 15) is 5.11 Å². The summed E-state index contributed by atoms with van der Waals surface area (Å²) in [5.74, 6) is 0. The van der Waals surface area contributed by atoms with E-state index in [1.165, 1.54) is 0 Å². The Morgan fingerprint density at radius 1 is 1.36 bits per heavy atom. The molecule has 3 heteroatoms. The van der Waals surface area contributed by atoms with Crippen molar-refractivity contribution in [3.05, 3.63) is 34.9 Å². The molecule has 0 aliphatic heterocycles. The molecule has 0 saturated heterocycles. The van der Waals surface area contributed by atoms with Crippen molar-refractivity contribution in [2.24, 2.45) is 0 Å². The Kier molecular flexibility index (Phi) is 3.93. The van der Waals surface area contributed by atoms with Gasteiger partial charge in [0.15, 0.2) is 0 Å². The molecule has 0 spiro atoms. The summed E-state index contributed by atoms with van der Waals surface area (Å²) >= 11 is 5.77. The number of ether oxygens (including phenoxy) is 1. The molecule has 1 aromatic rings. The van der Waals surface area contributed by atoms with E-state index in [1.807, 2.05) is 19.1 Å². The molecule has 0 aliphatic carbocycles. The molecule has 2 nitrogen and oxygen atoms in total. The first-order valence-electron chi connectivity index (χ1n) is 4.60. The molecule has 1 unspecified atom stereocenters. The molecule has 14 heavy (non-hydrogen) atoms. The van der Waals surface area contributed by atoms with Gasteiger partial charge in [-0.25, -0.2) is 0 Å². The van der Waals surface area contributed by atoms with Gasteiger partial charge in [0.1, 0.15) is 5.60 Å². The minimum atomic E-state index is -0.903. The van der Waals surface area contributed by atoms with Crippen molar-refractivity contribution in [1.29, 1.82) is 0 Å². The van der Waals surface area contributed by atoms with E-state index in [0.717, 1.165) is 5.56 Å². The van der Waals surface area contributed by atoms with E-state index in [-0.39, 0.29) is 0 Å². The van der Waals surface area contributed by atoms with E-state index in [2.05, 4.69) is 0 Å². The third kappa shape index (κ3) is 2.47. The zero-order valence-electron chi connectivity index (χ0n) is 8.46. The van der Waals surface area contributed by atoms with Crippen molar-refractivity contribution in [3.8, 4) is 0 Å². The molecule has 1 aromatic carbocycles. The number of hydrogen-bond donors (Lipinski definition) is 1. The van der Waals surface area contributed by atoms with E-state index in [0.29, 0.717) is 18.1 Å². The summed E-state index contributed by atoms with van der Waals surface area (Å²) in [7, 11) is 1.58. The van der Waals surface area contributed by atoms with Crippen molar-refractivity contribution >= 4 is 11.6 Å². The maximum atomic E-state index is 10.2. The van der Waals surface area contributed by atoms with E-state index in [1.54, 1.807) is 19.2 Å². The maximum Gasteiger partial charge on any atom is 0.113 e. The van der Waals surface area contributed by atoms with Crippen molar-refractivity contribution in [1.82, 2.24) is 0 Å². The summed E-state index contributed by atoms with van der Waals surface area (Å²) in [5, 5.41) is 10.9. The molecule has 78 valence electrons. The highest BCUT2D eigenvalue weighted by Crippen LogP contribution is 2.26. The molecule has 1 rings (SSSR count). The highest BCUT2D eigenvalue weighted by Gasteiger charge is 2.26. The van der Waals surface area contributed by atoms with Crippen LogP contribution >= 0.6 is 11.6 Å². The Morgan fingerprint density at radius 3 is 2.36 bits per heavy atom. The summed E-state index contributed by atoms with van der Waals surface area (Å²) < 4.78 is 5.00. The molecule has 0 aliphatic rings. The van der Waals surface area contributed by atoms with Gasteiger partial charge in [-0.3, -0.25) is 0 Å². The van der Waals surface area contributed by atoms with E-state index in [4.69, 9.17) is 16.3 Å². The lowest BCUT2D eigenvalue weighted by Crippen LogP contribution is -2.30. The third-order valence-electron chi connectivity index (χ3n) is 2.35. The van der Waals surface area contributed by atoms with Crippen LogP contribution in [0.15, 0.2) is 24.3 Å². The molecule has 0 radical (unpaired) electrons. The average molecular weight is 215 g/mol. The molecular formula is C11H15ClO2. The van der Waals surface area contributed by atoms with Crippen LogP contribution < -0.4 is 0 Å². The van der Waals surface area contributed by atoms with Gasteiger partial charge < -0.3 is 9.84 Å². The zero-order valence-corrected chi connectivity index (χ0v) is 9.21. The van der Waals surface area contributed by atoms with Crippen LogP contribution in [0.4, 0.5) is 0 Å². The normalized spacial score (nSPS) is 15.1. The summed E-state index contributed by atoms with van der Waals surface area (Å²) in [6, 6.07) is 7.19. The predicted octanol–water partition coefficient (Wildman–Crippen LogP) is 2.58. The number of methoxy groups -OCH3 is 1. The molecule has 0 fully saturated rings. The van der Waals surface area contributed by atoms with Crippen LogP contribution in [0.5, 0.6) is 0 Å². The third-order valence-corrected chi connectivity index (χ3v) is 2.60. The van der Waals surface area contributed by atoms with Gasteiger partial charge in [0.2, 0.25) is 0 Å². The van der Waals surface area contributed by atoms with Crippen molar-refractivity contribution < 1.29 is 9.84 Å². The highest BCUT2D eigenvalue weighted by atomic mass is 35.5. The number of rotatable bonds is 4. The lowest BCUT2D eigenvalue weighted by atomic mass is 9.92. The summed E-state index contributed by atoms with van der Waals surface area (Å²) in [6.07, 6.45) is 0.614.